The van der Waals surface area contributed by atoms with Crippen LogP contribution in [-0.4, -0.2) is 31.2 Å². The molecule has 0 aliphatic heterocycles. The van der Waals surface area contributed by atoms with Crippen molar-refractivity contribution in [3.05, 3.63) is 53.3 Å². The molecule has 1 aromatic carbocycles. The molecule has 5 heteroatoms. The summed E-state index contributed by atoms with van der Waals surface area (Å²) < 4.78 is 4.93. The number of aromatic nitrogens is 1. The van der Waals surface area contributed by atoms with Crippen LogP contribution in [0.15, 0.2) is 36.7 Å². The van der Waals surface area contributed by atoms with Gasteiger partial charge in [-0.2, -0.15) is 0 Å². The molecule has 2 aromatic rings. The molecule has 23 heavy (non-hydrogen) atoms. The van der Waals surface area contributed by atoms with Crippen LogP contribution in [-0.2, 0) is 11.2 Å². The Morgan fingerprint density at radius 2 is 2.13 bits per heavy atom. The molecular formula is C18H23N3O2. The first-order valence-electron chi connectivity index (χ1n) is 7.73. The molecule has 5 nitrogen and oxygen atoms in total. The highest BCUT2D eigenvalue weighted by molar-refractivity contribution is 5.94. The van der Waals surface area contributed by atoms with Crippen molar-refractivity contribution in [1.29, 1.82) is 0 Å². The summed E-state index contributed by atoms with van der Waals surface area (Å²) in [5, 5.41) is 6.18. The smallest absolute Gasteiger partial charge is 0.253 e. The summed E-state index contributed by atoms with van der Waals surface area (Å²) in [5.74, 6) is -0.154. The zero-order valence-corrected chi connectivity index (χ0v) is 13.8. The fourth-order valence-corrected chi connectivity index (χ4v) is 2.35. The number of amides is 1. The lowest BCUT2D eigenvalue weighted by Crippen LogP contribution is -2.27. The molecule has 122 valence electrons. The summed E-state index contributed by atoms with van der Waals surface area (Å²) in [6.45, 7) is 5.15. The summed E-state index contributed by atoms with van der Waals surface area (Å²) in [5.41, 5.74) is 4.80. The van der Waals surface area contributed by atoms with Crippen LogP contribution in [0.2, 0.25) is 0 Å². The number of hydrogen-bond acceptors (Lipinski definition) is 4. The van der Waals surface area contributed by atoms with Gasteiger partial charge in [0.25, 0.3) is 5.91 Å². The number of carbonyl (C=O) groups is 1. The fourth-order valence-electron chi connectivity index (χ4n) is 2.35. The second-order valence-electron chi connectivity index (χ2n) is 5.30. The summed E-state index contributed by atoms with van der Waals surface area (Å²) in [6, 6.07) is 8.03. The normalized spacial score (nSPS) is 10.4. The summed E-state index contributed by atoms with van der Waals surface area (Å²) in [4.78, 5) is 16.2. The van der Waals surface area contributed by atoms with Crippen molar-refractivity contribution >= 4 is 17.3 Å². The van der Waals surface area contributed by atoms with Crippen LogP contribution in [0.4, 0.5) is 11.4 Å². The van der Waals surface area contributed by atoms with E-state index in [0.29, 0.717) is 18.7 Å². The highest BCUT2D eigenvalue weighted by Crippen LogP contribution is 2.25. The van der Waals surface area contributed by atoms with Gasteiger partial charge in [-0.1, -0.05) is 25.1 Å². The molecule has 1 amide bonds. The predicted molar refractivity (Wildman–Crippen MR) is 92.3 cm³/mol. The first-order chi connectivity index (χ1) is 11.2. The largest absolute Gasteiger partial charge is 0.383 e. The first kappa shape index (κ1) is 17.0. The lowest BCUT2D eigenvalue weighted by molar-refractivity contribution is 0.0937. The number of carbonyl (C=O) groups excluding carboxylic acids is 1. The van der Waals surface area contributed by atoms with Crippen molar-refractivity contribution in [3.8, 4) is 0 Å². The minimum absolute atomic E-state index is 0.154. The second-order valence-corrected chi connectivity index (χ2v) is 5.30. The van der Waals surface area contributed by atoms with Gasteiger partial charge in [0.2, 0.25) is 0 Å². The van der Waals surface area contributed by atoms with Gasteiger partial charge in [0.05, 0.1) is 24.1 Å². The Morgan fingerprint density at radius 1 is 1.30 bits per heavy atom. The molecule has 2 N–H and O–H groups in total. The monoisotopic (exact) mass is 313 g/mol. The first-order valence-corrected chi connectivity index (χ1v) is 7.73. The Kier molecular flexibility index (Phi) is 6.11. The lowest BCUT2D eigenvalue weighted by Gasteiger charge is -2.14. The average Bonchev–Trinajstić information content (AvgIpc) is 2.57. The number of ether oxygens (including phenoxy) is 1. The second kappa shape index (κ2) is 8.29. The van der Waals surface area contributed by atoms with Gasteiger partial charge in [-0.15, -0.1) is 0 Å². The number of hydrogen-bond donors (Lipinski definition) is 2. The van der Waals surface area contributed by atoms with Gasteiger partial charge in [0, 0.05) is 25.5 Å². The Balaban J connectivity index is 2.16. The Bertz CT molecular complexity index is 671. The van der Waals surface area contributed by atoms with Crippen LogP contribution >= 0.6 is 0 Å². The SMILES string of the molecule is CCc1cccc(C)c1Nc1cncc(C(=O)NCCOC)c1. The third kappa shape index (κ3) is 4.53. The third-order valence-electron chi connectivity index (χ3n) is 3.60. The van der Waals surface area contributed by atoms with Gasteiger partial charge in [0.1, 0.15) is 0 Å². The van der Waals surface area contributed by atoms with Crippen molar-refractivity contribution in [2.24, 2.45) is 0 Å². The molecular weight excluding hydrogens is 290 g/mol. The maximum absolute atomic E-state index is 12.1. The fraction of sp³-hybridized carbons (Fsp3) is 0.333. The van der Waals surface area contributed by atoms with Crippen molar-refractivity contribution < 1.29 is 9.53 Å². The highest BCUT2D eigenvalue weighted by atomic mass is 16.5. The molecule has 0 unspecified atom stereocenters. The number of rotatable bonds is 7. The van der Waals surface area contributed by atoms with Crippen molar-refractivity contribution in [1.82, 2.24) is 10.3 Å². The summed E-state index contributed by atoms with van der Waals surface area (Å²) >= 11 is 0. The summed E-state index contributed by atoms with van der Waals surface area (Å²) in [7, 11) is 1.60. The van der Waals surface area contributed by atoms with E-state index in [2.05, 4.69) is 47.7 Å². The van der Waals surface area contributed by atoms with Crippen LogP contribution in [0.3, 0.4) is 0 Å². The van der Waals surface area contributed by atoms with Gasteiger partial charge in [-0.05, 0) is 30.5 Å². The highest BCUT2D eigenvalue weighted by Gasteiger charge is 2.09. The van der Waals surface area contributed by atoms with E-state index in [4.69, 9.17) is 4.74 Å². The standard InChI is InChI=1S/C18H23N3O2/c1-4-14-7-5-6-13(2)17(14)21-16-10-15(11-19-12-16)18(22)20-8-9-23-3/h5-7,10-12,21H,4,8-9H2,1-3H3,(H,20,22). The number of para-hydroxylation sites is 1. The van der Waals surface area contributed by atoms with Gasteiger partial charge in [-0.3, -0.25) is 9.78 Å². The van der Waals surface area contributed by atoms with E-state index in [0.717, 1.165) is 17.8 Å². The number of nitrogens with one attached hydrogen (secondary N) is 2. The van der Waals surface area contributed by atoms with E-state index in [-0.39, 0.29) is 5.91 Å². The van der Waals surface area contributed by atoms with E-state index in [1.807, 2.05) is 0 Å². The number of anilines is 2. The molecule has 0 saturated carbocycles. The van der Waals surface area contributed by atoms with Crippen molar-refractivity contribution in [2.75, 3.05) is 25.6 Å². The molecule has 1 aromatic heterocycles. The molecule has 0 bridgehead atoms. The Hall–Kier alpha value is -2.40. The van der Waals surface area contributed by atoms with Crippen LogP contribution in [0.25, 0.3) is 0 Å². The van der Waals surface area contributed by atoms with Crippen molar-refractivity contribution in [3.63, 3.8) is 0 Å². The minimum Gasteiger partial charge on any atom is -0.383 e. The van der Waals surface area contributed by atoms with E-state index in [1.165, 1.54) is 11.1 Å². The van der Waals surface area contributed by atoms with E-state index in [1.54, 1.807) is 25.6 Å². The molecule has 0 aliphatic rings. The molecule has 0 fully saturated rings. The Labute approximate surface area is 137 Å². The van der Waals surface area contributed by atoms with Gasteiger partial charge >= 0.3 is 0 Å². The topological polar surface area (TPSA) is 63.2 Å². The molecule has 1 heterocycles. The third-order valence-corrected chi connectivity index (χ3v) is 3.60. The maximum Gasteiger partial charge on any atom is 0.253 e. The zero-order chi connectivity index (χ0) is 16.7. The van der Waals surface area contributed by atoms with Crippen LogP contribution in [0.1, 0.15) is 28.4 Å². The number of nitrogens with zero attached hydrogens (tertiary/aromatic N) is 1. The minimum atomic E-state index is -0.154. The molecule has 0 atom stereocenters. The summed E-state index contributed by atoms with van der Waals surface area (Å²) in [6.07, 6.45) is 4.22. The van der Waals surface area contributed by atoms with Crippen LogP contribution < -0.4 is 10.6 Å². The van der Waals surface area contributed by atoms with Gasteiger partial charge in [-0.25, -0.2) is 0 Å². The quantitative estimate of drug-likeness (QED) is 0.771. The molecule has 2 rings (SSSR count). The number of methoxy groups -OCH3 is 1. The molecule has 0 spiro atoms. The zero-order valence-electron chi connectivity index (χ0n) is 13.8. The van der Waals surface area contributed by atoms with E-state index in [9.17, 15) is 4.79 Å². The van der Waals surface area contributed by atoms with Gasteiger partial charge in [0.15, 0.2) is 0 Å². The van der Waals surface area contributed by atoms with Crippen molar-refractivity contribution in [2.45, 2.75) is 20.3 Å². The molecule has 0 aliphatic carbocycles. The average molecular weight is 313 g/mol. The predicted octanol–water partition coefficient (Wildman–Crippen LogP) is 3.07. The number of pyridine rings is 1. The Morgan fingerprint density at radius 3 is 2.87 bits per heavy atom. The molecule has 0 saturated heterocycles. The van der Waals surface area contributed by atoms with Crippen LogP contribution in [0.5, 0.6) is 0 Å². The van der Waals surface area contributed by atoms with E-state index >= 15 is 0 Å². The lowest BCUT2D eigenvalue weighted by atomic mass is 10.1. The maximum atomic E-state index is 12.1. The van der Waals surface area contributed by atoms with E-state index < -0.39 is 0 Å². The van der Waals surface area contributed by atoms with Gasteiger partial charge < -0.3 is 15.4 Å². The number of benzene rings is 1. The molecule has 0 radical (unpaired) electrons. The van der Waals surface area contributed by atoms with Crippen LogP contribution in [0, 0.1) is 6.92 Å². The number of aryl methyl sites for hydroxylation is 2.